The first-order chi connectivity index (χ1) is 7.79. The lowest BCUT2D eigenvalue weighted by molar-refractivity contribution is 0.392. The number of nitrogens with one attached hydrogen (secondary N) is 1. The third-order valence-electron chi connectivity index (χ3n) is 3.64. The van der Waals surface area contributed by atoms with E-state index in [9.17, 15) is 0 Å². The normalized spacial score (nSPS) is 25.1. The van der Waals surface area contributed by atoms with Crippen molar-refractivity contribution in [3.8, 4) is 0 Å². The monoisotopic (exact) mass is 238 g/mol. The summed E-state index contributed by atoms with van der Waals surface area (Å²) in [6, 6.07) is 0.768. The zero-order valence-corrected chi connectivity index (χ0v) is 11.1. The van der Waals surface area contributed by atoms with Crippen molar-refractivity contribution in [2.24, 2.45) is 5.92 Å². The molecule has 0 aliphatic heterocycles. The highest BCUT2D eigenvalue weighted by atomic mass is 32.1. The lowest BCUT2D eigenvalue weighted by atomic mass is 10.0. The van der Waals surface area contributed by atoms with Gasteiger partial charge in [0.2, 0.25) is 0 Å². The first kappa shape index (κ1) is 12.1. The van der Waals surface area contributed by atoms with E-state index in [0.29, 0.717) is 0 Å². The van der Waals surface area contributed by atoms with E-state index >= 15 is 0 Å². The molecule has 1 heterocycles. The molecular formula is C13H22N2S. The Kier molecular flexibility index (Phi) is 4.36. The van der Waals surface area contributed by atoms with Crippen LogP contribution in [0.3, 0.4) is 0 Å². The van der Waals surface area contributed by atoms with Crippen LogP contribution >= 0.6 is 11.3 Å². The Hall–Kier alpha value is -0.410. The van der Waals surface area contributed by atoms with Crippen molar-refractivity contribution in [1.29, 1.82) is 0 Å². The first-order valence-corrected chi connectivity index (χ1v) is 7.32. The van der Waals surface area contributed by atoms with Crippen LogP contribution in [0.4, 0.5) is 0 Å². The van der Waals surface area contributed by atoms with E-state index in [2.05, 4.69) is 29.5 Å². The van der Waals surface area contributed by atoms with Gasteiger partial charge < -0.3 is 5.32 Å². The van der Waals surface area contributed by atoms with Crippen LogP contribution in [0.15, 0.2) is 5.38 Å². The number of nitrogens with zero attached hydrogens (tertiary/aromatic N) is 1. The molecule has 0 amide bonds. The fourth-order valence-electron chi connectivity index (χ4n) is 2.70. The molecule has 2 atom stereocenters. The number of aryl methyl sites for hydroxylation is 1. The van der Waals surface area contributed by atoms with Crippen LogP contribution < -0.4 is 5.32 Å². The summed E-state index contributed by atoms with van der Waals surface area (Å²) < 4.78 is 0. The van der Waals surface area contributed by atoms with Crippen molar-refractivity contribution < 1.29 is 0 Å². The molecule has 16 heavy (non-hydrogen) atoms. The molecule has 0 spiro atoms. The maximum Gasteiger partial charge on any atom is 0.0897 e. The second-order valence-corrected chi connectivity index (χ2v) is 5.83. The molecule has 0 saturated heterocycles. The van der Waals surface area contributed by atoms with E-state index < -0.39 is 0 Å². The lowest BCUT2D eigenvalue weighted by Gasteiger charge is -2.19. The number of rotatable bonds is 5. The molecule has 1 aromatic rings. The van der Waals surface area contributed by atoms with Crippen LogP contribution in [0, 0.1) is 12.8 Å². The third-order valence-corrected chi connectivity index (χ3v) is 4.46. The first-order valence-electron chi connectivity index (χ1n) is 6.44. The van der Waals surface area contributed by atoms with Crippen LogP contribution in [-0.2, 0) is 6.42 Å². The second-order valence-electron chi connectivity index (χ2n) is 4.77. The minimum absolute atomic E-state index is 0.768. The van der Waals surface area contributed by atoms with Crippen LogP contribution in [-0.4, -0.2) is 17.6 Å². The molecule has 0 radical (unpaired) electrons. The van der Waals surface area contributed by atoms with Gasteiger partial charge in [-0.3, -0.25) is 0 Å². The van der Waals surface area contributed by atoms with Crippen molar-refractivity contribution in [2.45, 2.75) is 52.0 Å². The molecule has 0 aromatic carbocycles. The predicted molar refractivity (Wildman–Crippen MR) is 70.0 cm³/mol. The topological polar surface area (TPSA) is 24.9 Å². The SMILES string of the molecule is CCC1CCCC1NCCc1csc(C)n1. The van der Waals surface area contributed by atoms with Gasteiger partial charge in [0.05, 0.1) is 10.7 Å². The quantitative estimate of drug-likeness (QED) is 0.852. The van der Waals surface area contributed by atoms with Gasteiger partial charge in [-0.25, -0.2) is 4.98 Å². The average molecular weight is 238 g/mol. The molecule has 1 N–H and O–H groups in total. The van der Waals surface area contributed by atoms with E-state index in [1.54, 1.807) is 11.3 Å². The van der Waals surface area contributed by atoms with Crippen molar-refractivity contribution in [1.82, 2.24) is 10.3 Å². The summed E-state index contributed by atoms with van der Waals surface area (Å²) in [6.45, 7) is 5.48. The molecule has 2 rings (SSSR count). The number of hydrogen-bond donors (Lipinski definition) is 1. The molecular weight excluding hydrogens is 216 g/mol. The van der Waals surface area contributed by atoms with Crippen LogP contribution in [0.5, 0.6) is 0 Å². The summed E-state index contributed by atoms with van der Waals surface area (Å²) in [5.41, 5.74) is 1.25. The maximum atomic E-state index is 4.49. The molecule has 90 valence electrons. The van der Waals surface area contributed by atoms with E-state index in [1.807, 2.05) is 0 Å². The highest BCUT2D eigenvalue weighted by molar-refractivity contribution is 7.09. The predicted octanol–water partition coefficient (Wildman–Crippen LogP) is 3.16. The number of aromatic nitrogens is 1. The second kappa shape index (κ2) is 5.78. The van der Waals surface area contributed by atoms with Crippen molar-refractivity contribution in [3.05, 3.63) is 16.1 Å². The van der Waals surface area contributed by atoms with Gasteiger partial charge in [0.25, 0.3) is 0 Å². The largest absolute Gasteiger partial charge is 0.313 e. The summed E-state index contributed by atoms with van der Waals surface area (Å²) in [5, 5.41) is 7.07. The van der Waals surface area contributed by atoms with Gasteiger partial charge in [0.1, 0.15) is 0 Å². The highest BCUT2D eigenvalue weighted by Crippen LogP contribution is 2.27. The molecule has 2 nitrogen and oxygen atoms in total. The summed E-state index contributed by atoms with van der Waals surface area (Å²) in [5.74, 6) is 0.914. The van der Waals surface area contributed by atoms with Gasteiger partial charge in [-0.1, -0.05) is 19.8 Å². The fourth-order valence-corrected chi connectivity index (χ4v) is 3.35. The van der Waals surface area contributed by atoms with Crippen LogP contribution in [0.2, 0.25) is 0 Å². The summed E-state index contributed by atoms with van der Waals surface area (Å²) >= 11 is 1.75. The standard InChI is InChI=1S/C13H22N2S/c1-3-11-5-4-6-13(11)14-8-7-12-9-16-10(2)15-12/h9,11,13-14H,3-8H2,1-2H3. The van der Waals surface area contributed by atoms with Gasteiger partial charge in [-0.15, -0.1) is 11.3 Å². The molecule has 1 saturated carbocycles. The smallest absolute Gasteiger partial charge is 0.0897 e. The summed E-state index contributed by atoms with van der Waals surface area (Å²) in [4.78, 5) is 4.49. The molecule has 1 fully saturated rings. The minimum Gasteiger partial charge on any atom is -0.313 e. The van der Waals surface area contributed by atoms with E-state index in [0.717, 1.165) is 24.9 Å². The molecule has 1 aliphatic carbocycles. The van der Waals surface area contributed by atoms with Gasteiger partial charge in [-0.2, -0.15) is 0 Å². The Labute approximate surface area is 102 Å². The molecule has 1 aliphatic rings. The van der Waals surface area contributed by atoms with E-state index in [4.69, 9.17) is 0 Å². The third kappa shape index (κ3) is 3.05. The number of hydrogen-bond acceptors (Lipinski definition) is 3. The zero-order chi connectivity index (χ0) is 11.4. The van der Waals surface area contributed by atoms with Gasteiger partial charge in [0.15, 0.2) is 0 Å². The summed E-state index contributed by atoms with van der Waals surface area (Å²) in [7, 11) is 0. The fraction of sp³-hybridized carbons (Fsp3) is 0.769. The molecule has 2 unspecified atom stereocenters. The minimum atomic E-state index is 0.768. The Morgan fingerprint density at radius 3 is 3.06 bits per heavy atom. The van der Waals surface area contributed by atoms with Crippen molar-refractivity contribution in [3.63, 3.8) is 0 Å². The summed E-state index contributed by atoms with van der Waals surface area (Å²) in [6.07, 6.45) is 6.61. The van der Waals surface area contributed by atoms with Crippen LogP contribution in [0.1, 0.15) is 43.3 Å². The number of thiazole rings is 1. The molecule has 3 heteroatoms. The van der Waals surface area contributed by atoms with Crippen LogP contribution in [0.25, 0.3) is 0 Å². The molecule has 1 aromatic heterocycles. The van der Waals surface area contributed by atoms with Gasteiger partial charge in [0, 0.05) is 24.4 Å². The Balaban J connectivity index is 1.71. The highest BCUT2D eigenvalue weighted by Gasteiger charge is 2.24. The van der Waals surface area contributed by atoms with Crippen molar-refractivity contribution >= 4 is 11.3 Å². The Morgan fingerprint density at radius 1 is 1.50 bits per heavy atom. The van der Waals surface area contributed by atoms with Gasteiger partial charge in [-0.05, 0) is 25.7 Å². The Morgan fingerprint density at radius 2 is 2.38 bits per heavy atom. The maximum absolute atomic E-state index is 4.49. The van der Waals surface area contributed by atoms with E-state index in [1.165, 1.54) is 36.4 Å². The Bertz CT molecular complexity index is 321. The zero-order valence-electron chi connectivity index (χ0n) is 10.3. The van der Waals surface area contributed by atoms with Gasteiger partial charge >= 0.3 is 0 Å². The van der Waals surface area contributed by atoms with E-state index in [-0.39, 0.29) is 0 Å². The van der Waals surface area contributed by atoms with Crippen molar-refractivity contribution in [2.75, 3.05) is 6.54 Å². The lowest BCUT2D eigenvalue weighted by Crippen LogP contribution is -2.33. The molecule has 0 bridgehead atoms. The average Bonchev–Trinajstić information content (AvgIpc) is 2.87.